The second kappa shape index (κ2) is 8.92. The highest BCUT2D eigenvalue weighted by Crippen LogP contribution is 2.29. The van der Waals surface area contributed by atoms with Crippen LogP contribution >= 0.6 is 22.6 Å². The molecule has 1 N–H and O–H groups in total. The van der Waals surface area contributed by atoms with Crippen LogP contribution in [0.4, 0.5) is 5.69 Å². The molecule has 2 rings (SSSR count). The van der Waals surface area contributed by atoms with Crippen molar-refractivity contribution < 1.29 is 14.3 Å². The summed E-state index contributed by atoms with van der Waals surface area (Å²) in [6.07, 6.45) is 0.917. The Balaban J connectivity index is 2.18. The Morgan fingerprint density at radius 3 is 2.54 bits per heavy atom. The van der Waals surface area contributed by atoms with E-state index in [4.69, 9.17) is 9.47 Å². The zero-order valence-electron chi connectivity index (χ0n) is 14.2. The highest BCUT2D eigenvalue weighted by molar-refractivity contribution is 14.1. The Morgan fingerprint density at radius 1 is 1.08 bits per heavy atom. The van der Waals surface area contributed by atoms with E-state index in [2.05, 4.69) is 27.9 Å². The normalized spacial score (nSPS) is 10.3. The fraction of sp³-hybridized carbons (Fsp3) is 0.316. The molecular formula is C19H22INO3. The van der Waals surface area contributed by atoms with Crippen LogP contribution in [-0.4, -0.2) is 19.1 Å². The van der Waals surface area contributed by atoms with E-state index in [9.17, 15) is 4.79 Å². The Labute approximate surface area is 156 Å². The monoisotopic (exact) mass is 439 g/mol. The van der Waals surface area contributed by atoms with Crippen molar-refractivity contribution in [3.05, 3.63) is 51.1 Å². The van der Waals surface area contributed by atoms with Crippen LogP contribution in [0.1, 0.15) is 36.2 Å². The van der Waals surface area contributed by atoms with E-state index < -0.39 is 0 Å². The molecule has 4 nitrogen and oxygen atoms in total. The van der Waals surface area contributed by atoms with Gasteiger partial charge in [-0.1, -0.05) is 13.0 Å². The number of carbonyl (C=O) groups is 1. The molecule has 0 saturated heterocycles. The summed E-state index contributed by atoms with van der Waals surface area (Å²) in [5.74, 6) is 1.09. The number of ether oxygens (including phenoxy) is 2. The van der Waals surface area contributed by atoms with E-state index >= 15 is 0 Å². The minimum atomic E-state index is -0.169. The quantitative estimate of drug-likeness (QED) is 0.615. The molecule has 24 heavy (non-hydrogen) atoms. The van der Waals surface area contributed by atoms with Crippen molar-refractivity contribution in [2.24, 2.45) is 0 Å². The highest BCUT2D eigenvalue weighted by atomic mass is 127. The minimum Gasteiger partial charge on any atom is -0.490 e. The van der Waals surface area contributed by atoms with Gasteiger partial charge in [-0.3, -0.25) is 4.79 Å². The first-order chi connectivity index (χ1) is 11.5. The Bertz CT molecular complexity index is 716. The van der Waals surface area contributed by atoms with Crippen molar-refractivity contribution in [3.63, 3.8) is 0 Å². The van der Waals surface area contributed by atoms with Gasteiger partial charge in [0.15, 0.2) is 11.5 Å². The third-order valence-electron chi connectivity index (χ3n) is 3.40. The largest absolute Gasteiger partial charge is 0.490 e. The number of benzene rings is 2. The molecule has 0 atom stereocenters. The minimum absolute atomic E-state index is 0.169. The summed E-state index contributed by atoms with van der Waals surface area (Å²) in [5, 5.41) is 2.92. The second-order valence-electron chi connectivity index (χ2n) is 5.36. The lowest BCUT2D eigenvalue weighted by Gasteiger charge is -2.13. The van der Waals surface area contributed by atoms with Gasteiger partial charge in [0.1, 0.15) is 0 Å². The predicted molar refractivity (Wildman–Crippen MR) is 105 cm³/mol. The molecule has 0 heterocycles. The summed E-state index contributed by atoms with van der Waals surface area (Å²) >= 11 is 2.26. The van der Waals surface area contributed by atoms with Crippen molar-refractivity contribution >= 4 is 34.2 Å². The molecule has 1 amide bonds. The molecule has 2 aromatic rings. The zero-order chi connectivity index (χ0) is 17.5. The molecule has 0 fully saturated rings. The van der Waals surface area contributed by atoms with E-state index in [1.165, 1.54) is 5.56 Å². The number of hydrogen-bond donors (Lipinski definition) is 1. The van der Waals surface area contributed by atoms with Crippen molar-refractivity contribution in [2.75, 3.05) is 18.5 Å². The number of rotatable bonds is 7. The summed E-state index contributed by atoms with van der Waals surface area (Å²) in [5.41, 5.74) is 2.50. The van der Waals surface area contributed by atoms with Gasteiger partial charge in [0.05, 0.1) is 13.2 Å². The molecule has 0 unspecified atom stereocenters. The lowest BCUT2D eigenvalue weighted by atomic mass is 10.1. The SMILES string of the molecule is CCCOc1ccc(C(=O)Nc2ccc(C)c(I)c2)cc1OCC. The molecule has 0 radical (unpaired) electrons. The van der Waals surface area contributed by atoms with E-state index in [1.54, 1.807) is 18.2 Å². The van der Waals surface area contributed by atoms with Crippen molar-refractivity contribution in [3.8, 4) is 11.5 Å². The summed E-state index contributed by atoms with van der Waals surface area (Å²) in [6, 6.07) is 11.1. The fourth-order valence-corrected chi connectivity index (χ4v) is 2.64. The standard InChI is InChI=1S/C19H22INO3/c1-4-10-24-17-9-7-14(11-18(17)23-5-2)19(22)21-15-8-6-13(3)16(20)12-15/h6-9,11-12H,4-5,10H2,1-3H3,(H,21,22). The van der Waals surface area contributed by atoms with E-state index in [0.29, 0.717) is 30.3 Å². The van der Waals surface area contributed by atoms with Gasteiger partial charge >= 0.3 is 0 Å². The molecule has 0 aliphatic rings. The average molecular weight is 439 g/mol. The van der Waals surface area contributed by atoms with Crippen LogP contribution in [0, 0.1) is 10.5 Å². The molecule has 0 aliphatic heterocycles. The number of carbonyl (C=O) groups excluding carboxylic acids is 1. The first-order valence-electron chi connectivity index (χ1n) is 8.02. The average Bonchev–Trinajstić information content (AvgIpc) is 2.57. The highest BCUT2D eigenvalue weighted by Gasteiger charge is 2.12. The summed E-state index contributed by atoms with van der Waals surface area (Å²) < 4.78 is 12.4. The van der Waals surface area contributed by atoms with Gasteiger partial charge in [0, 0.05) is 14.8 Å². The Hall–Kier alpha value is -1.76. The molecule has 5 heteroatoms. The van der Waals surface area contributed by atoms with Crippen molar-refractivity contribution in [1.29, 1.82) is 0 Å². The van der Waals surface area contributed by atoms with Crippen LogP contribution in [0.25, 0.3) is 0 Å². The van der Waals surface area contributed by atoms with E-state index in [1.807, 2.05) is 39.0 Å². The van der Waals surface area contributed by atoms with Gasteiger partial charge in [0.2, 0.25) is 0 Å². The lowest BCUT2D eigenvalue weighted by Crippen LogP contribution is -2.12. The summed E-state index contributed by atoms with van der Waals surface area (Å²) in [7, 11) is 0. The van der Waals surface area contributed by atoms with Gasteiger partial charge in [-0.15, -0.1) is 0 Å². The molecular weight excluding hydrogens is 417 g/mol. The number of nitrogens with one attached hydrogen (secondary N) is 1. The van der Waals surface area contributed by atoms with Gasteiger partial charge in [0.25, 0.3) is 5.91 Å². The maximum atomic E-state index is 12.5. The first kappa shape index (κ1) is 18.6. The maximum Gasteiger partial charge on any atom is 0.255 e. The molecule has 0 aliphatic carbocycles. The molecule has 0 aromatic heterocycles. The first-order valence-corrected chi connectivity index (χ1v) is 9.10. The van der Waals surface area contributed by atoms with Crippen LogP contribution in [0.15, 0.2) is 36.4 Å². The molecule has 2 aromatic carbocycles. The van der Waals surface area contributed by atoms with Crippen LogP contribution in [0.2, 0.25) is 0 Å². The number of aryl methyl sites for hydroxylation is 1. The van der Waals surface area contributed by atoms with E-state index in [0.717, 1.165) is 15.7 Å². The third-order valence-corrected chi connectivity index (χ3v) is 4.56. The molecule has 0 spiro atoms. The Kier molecular flexibility index (Phi) is 6.90. The number of halogens is 1. The molecule has 0 bridgehead atoms. The number of amides is 1. The molecule has 0 saturated carbocycles. The molecule has 128 valence electrons. The van der Waals surface area contributed by atoms with Gasteiger partial charge in [-0.25, -0.2) is 0 Å². The topological polar surface area (TPSA) is 47.6 Å². The summed E-state index contributed by atoms with van der Waals surface area (Å²) in [4.78, 5) is 12.5. The van der Waals surface area contributed by atoms with Crippen LogP contribution in [-0.2, 0) is 0 Å². The van der Waals surface area contributed by atoms with Crippen LogP contribution in [0.3, 0.4) is 0 Å². The second-order valence-corrected chi connectivity index (χ2v) is 6.52. The van der Waals surface area contributed by atoms with E-state index in [-0.39, 0.29) is 5.91 Å². The number of hydrogen-bond acceptors (Lipinski definition) is 3. The van der Waals surface area contributed by atoms with Crippen molar-refractivity contribution in [2.45, 2.75) is 27.2 Å². The van der Waals surface area contributed by atoms with Crippen LogP contribution < -0.4 is 14.8 Å². The van der Waals surface area contributed by atoms with Crippen LogP contribution in [0.5, 0.6) is 11.5 Å². The lowest BCUT2D eigenvalue weighted by molar-refractivity contribution is 0.102. The Morgan fingerprint density at radius 2 is 1.88 bits per heavy atom. The zero-order valence-corrected chi connectivity index (χ0v) is 16.3. The fourth-order valence-electron chi connectivity index (χ4n) is 2.12. The maximum absolute atomic E-state index is 12.5. The third kappa shape index (κ3) is 4.87. The van der Waals surface area contributed by atoms with Crippen molar-refractivity contribution in [1.82, 2.24) is 0 Å². The van der Waals surface area contributed by atoms with Gasteiger partial charge in [-0.05, 0) is 78.8 Å². The smallest absolute Gasteiger partial charge is 0.255 e. The predicted octanol–water partition coefficient (Wildman–Crippen LogP) is 5.04. The number of anilines is 1. The summed E-state index contributed by atoms with van der Waals surface area (Å²) in [6.45, 7) is 7.13. The van der Waals surface area contributed by atoms with Gasteiger partial charge in [-0.2, -0.15) is 0 Å². The van der Waals surface area contributed by atoms with Gasteiger partial charge < -0.3 is 14.8 Å².